The first-order valence-electron chi connectivity index (χ1n) is 4.01. The van der Waals surface area contributed by atoms with Crippen LogP contribution in [0.5, 0.6) is 0 Å². The summed E-state index contributed by atoms with van der Waals surface area (Å²) < 4.78 is 0.815. The van der Waals surface area contributed by atoms with Crippen LogP contribution in [0, 0.1) is 5.92 Å². The topological polar surface area (TPSA) is 12.4 Å². The lowest BCUT2D eigenvalue weighted by molar-refractivity contribution is 0.825. The molecule has 0 spiro atoms. The predicted molar refractivity (Wildman–Crippen MR) is 56.9 cm³/mol. The van der Waals surface area contributed by atoms with E-state index in [1.807, 2.05) is 0 Å². The second kappa shape index (κ2) is 4.21. The van der Waals surface area contributed by atoms with E-state index in [-0.39, 0.29) is 0 Å². The zero-order valence-electron chi connectivity index (χ0n) is 6.71. The number of thiocarbonyl (C=S) groups is 1. The molecule has 1 atom stereocenters. The standard InChI is InChI=1S/C8H13NS2/c1-2-9-7-5-3-4-6(7)8(10)11/h6H,2-5H2,1H3,(H,10,11). The average Bonchev–Trinajstić information content (AvgIpc) is 2.36. The summed E-state index contributed by atoms with van der Waals surface area (Å²) in [5.74, 6) is 0.397. The van der Waals surface area contributed by atoms with Gasteiger partial charge in [0, 0.05) is 18.2 Å². The molecule has 62 valence electrons. The largest absolute Gasteiger partial charge is 0.294 e. The molecule has 1 unspecified atom stereocenters. The maximum Gasteiger partial charge on any atom is 0.0535 e. The van der Waals surface area contributed by atoms with E-state index in [0.29, 0.717) is 5.92 Å². The Bertz CT molecular complexity index is 187. The molecule has 0 radical (unpaired) electrons. The number of thiol groups is 1. The highest BCUT2D eigenvalue weighted by atomic mass is 32.1. The molecule has 1 rings (SSSR count). The predicted octanol–water partition coefficient (Wildman–Crippen LogP) is 2.50. The minimum Gasteiger partial charge on any atom is -0.294 e. The van der Waals surface area contributed by atoms with Crippen molar-refractivity contribution in [2.24, 2.45) is 10.9 Å². The van der Waals surface area contributed by atoms with E-state index >= 15 is 0 Å². The van der Waals surface area contributed by atoms with Gasteiger partial charge in [0.2, 0.25) is 0 Å². The summed E-state index contributed by atoms with van der Waals surface area (Å²) in [5, 5.41) is 0. The van der Waals surface area contributed by atoms with Crippen LogP contribution in [0.1, 0.15) is 26.2 Å². The molecule has 0 aromatic rings. The number of rotatable bonds is 2. The van der Waals surface area contributed by atoms with Gasteiger partial charge in [-0.15, -0.1) is 12.6 Å². The van der Waals surface area contributed by atoms with Gasteiger partial charge in [-0.25, -0.2) is 0 Å². The normalized spacial score (nSPS) is 27.8. The first-order chi connectivity index (χ1) is 5.25. The summed E-state index contributed by atoms with van der Waals surface area (Å²) in [6.07, 6.45) is 3.50. The van der Waals surface area contributed by atoms with Crippen molar-refractivity contribution in [3.05, 3.63) is 0 Å². The van der Waals surface area contributed by atoms with Gasteiger partial charge in [0.1, 0.15) is 0 Å². The lowest BCUT2D eigenvalue weighted by Gasteiger charge is -2.06. The summed E-state index contributed by atoms with van der Waals surface area (Å²) in [5.41, 5.74) is 1.27. The fourth-order valence-electron chi connectivity index (χ4n) is 1.49. The second-order valence-corrected chi connectivity index (χ2v) is 3.97. The third-order valence-electron chi connectivity index (χ3n) is 1.99. The van der Waals surface area contributed by atoms with Gasteiger partial charge >= 0.3 is 0 Å². The van der Waals surface area contributed by atoms with Gasteiger partial charge in [-0.05, 0) is 26.2 Å². The van der Waals surface area contributed by atoms with Crippen molar-refractivity contribution in [1.82, 2.24) is 0 Å². The second-order valence-electron chi connectivity index (χ2n) is 2.75. The Morgan fingerprint density at radius 3 is 3.09 bits per heavy atom. The lowest BCUT2D eigenvalue weighted by Crippen LogP contribution is -2.12. The Morgan fingerprint density at radius 1 is 1.82 bits per heavy atom. The molecule has 11 heavy (non-hydrogen) atoms. The number of hydrogen-bond donors (Lipinski definition) is 1. The maximum absolute atomic E-state index is 5.03. The van der Waals surface area contributed by atoms with Crippen LogP contribution in [0.25, 0.3) is 0 Å². The molecule has 0 saturated heterocycles. The Labute approximate surface area is 78.7 Å². The molecule has 0 bridgehead atoms. The highest BCUT2D eigenvalue weighted by Crippen LogP contribution is 2.25. The number of aliphatic imine (C=N–C) groups is 1. The van der Waals surface area contributed by atoms with Crippen LogP contribution >= 0.6 is 24.8 Å². The van der Waals surface area contributed by atoms with Crippen molar-refractivity contribution in [3.8, 4) is 0 Å². The van der Waals surface area contributed by atoms with Crippen molar-refractivity contribution >= 4 is 34.8 Å². The minimum atomic E-state index is 0.397. The molecule has 0 aliphatic heterocycles. The van der Waals surface area contributed by atoms with Crippen LogP contribution in [0.4, 0.5) is 0 Å². The quantitative estimate of drug-likeness (QED) is 0.517. The summed E-state index contributed by atoms with van der Waals surface area (Å²) >= 11 is 9.23. The maximum atomic E-state index is 5.03. The molecule has 0 aromatic carbocycles. The molecule has 1 saturated carbocycles. The van der Waals surface area contributed by atoms with Gasteiger partial charge in [0.25, 0.3) is 0 Å². The number of hydrogen-bond acceptors (Lipinski definition) is 2. The van der Waals surface area contributed by atoms with Gasteiger partial charge in [-0.1, -0.05) is 12.2 Å². The van der Waals surface area contributed by atoms with E-state index in [2.05, 4.69) is 24.5 Å². The van der Waals surface area contributed by atoms with Crippen molar-refractivity contribution in [1.29, 1.82) is 0 Å². The fourth-order valence-corrected chi connectivity index (χ4v) is 2.02. The third-order valence-corrected chi connectivity index (χ3v) is 2.58. The van der Waals surface area contributed by atoms with Crippen molar-refractivity contribution < 1.29 is 0 Å². The molecule has 1 aliphatic rings. The van der Waals surface area contributed by atoms with Gasteiger partial charge in [-0.3, -0.25) is 4.99 Å². The van der Waals surface area contributed by atoms with Gasteiger partial charge in [0.15, 0.2) is 0 Å². The van der Waals surface area contributed by atoms with E-state index in [1.165, 1.54) is 12.1 Å². The first kappa shape index (κ1) is 9.20. The van der Waals surface area contributed by atoms with Crippen LogP contribution in [0.3, 0.4) is 0 Å². The van der Waals surface area contributed by atoms with E-state index < -0.39 is 0 Å². The lowest BCUT2D eigenvalue weighted by atomic mass is 10.1. The minimum absolute atomic E-state index is 0.397. The fraction of sp³-hybridized carbons (Fsp3) is 0.750. The molecule has 0 N–H and O–H groups in total. The van der Waals surface area contributed by atoms with Crippen LogP contribution in [-0.2, 0) is 0 Å². The summed E-state index contributed by atoms with van der Waals surface area (Å²) in [7, 11) is 0. The average molecular weight is 187 g/mol. The van der Waals surface area contributed by atoms with Crippen molar-refractivity contribution in [2.45, 2.75) is 26.2 Å². The van der Waals surface area contributed by atoms with Crippen LogP contribution in [-0.4, -0.2) is 16.5 Å². The van der Waals surface area contributed by atoms with E-state index in [4.69, 9.17) is 12.2 Å². The summed E-state index contributed by atoms with van der Waals surface area (Å²) in [6, 6.07) is 0. The Balaban J connectivity index is 2.65. The molecule has 3 heteroatoms. The van der Waals surface area contributed by atoms with E-state index in [0.717, 1.165) is 23.6 Å². The monoisotopic (exact) mass is 187 g/mol. The van der Waals surface area contributed by atoms with Gasteiger partial charge < -0.3 is 0 Å². The summed E-state index contributed by atoms with van der Waals surface area (Å²) in [6.45, 7) is 2.94. The molecule has 0 amide bonds. The van der Waals surface area contributed by atoms with Gasteiger partial charge in [-0.2, -0.15) is 0 Å². The summed E-state index contributed by atoms with van der Waals surface area (Å²) in [4.78, 5) is 4.41. The SMILES string of the molecule is CCN=C1CCCC1C(=S)S. The molecule has 1 nitrogen and oxygen atoms in total. The molecular weight excluding hydrogens is 174 g/mol. The zero-order valence-corrected chi connectivity index (χ0v) is 8.42. The molecular formula is C8H13NS2. The van der Waals surface area contributed by atoms with Gasteiger partial charge in [0.05, 0.1) is 4.20 Å². The molecule has 1 aliphatic carbocycles. The highest BCUT2D eigenvalue weighted by Gasteiger charge is 2.23. The molecule has 0 heterocycles. The van der Waals surface area contributed by atoms with Crippen LogP contribution < -0.4 is 0 Å². The first-order valence-corrected chi connectivity index (χ1v) is 4.87. The van der Waals surface area contributed by atoms with E-state index in [1.54, 1.807) is 0 Å². The Hall–Kier alpha value is 0.110. The zero-order chi connectivity index (χ0) is 8.27. The van der Waals surface area contributed by atoms with Crippen LogP contribution in [0.15, 0.2) is 4.99 Å². The van der Waals surface area contributed by atoms with E-state index in [9.17, 15) is 0 Å². The third kappa shape index (κ3) is 2.27. The van der Waals surface area contributed by atoms with Crippen molar-refractivity contribution in [2.75, 3.05) is 6.54 Å². The Morgan fingerprint density at radius 2 is 2.55 bits per heavy atom. The number of nitrogens with zero attached hydrogens (tertiary/aromatic N) is 1. The molecule has 0 aromatic heterocycles. The molecule has 1 fully saturated rings. The van der Waals surface area contributed by atoms with Crippen molar-refractivity contribution in [3.63, 3.8) is 0 Å². The Kier molecular flexibility index (Phi) is 3.52. The smallest absolute Gasteiger partial charge is 0.0535 e. The van der Waals surface area contributed by atoms with Crippen LogP contribution in [0.2, 0.25) is 0 Å². The highest BCUT2D eigenvalue weighted by molar-refractivity contribution is 8.11.